The first-order chi connectivity index (χ1) is 12.2. The summed E-state index contributed by atoms with van der Waals surface area (Å²) in [6.07, 6.45) is 1.27. The highest BCUT2D eigenvalue weighted by Crippen LogP contribution is 2.18. The van der Waals surface area contributed by atoms with Crippen LogP contribution in [0.2, 0.25) is 0 Å². The fraction of sp³-hybridized carbons (Fsp3) is 0.263. The number of ether oxygens (including phenoxy) is 2. The van der Waals surface area contributed by atoms with E-state index in [-0.39, 0.29) is 17.9 Å². The summed E-state index contributed by atoms with van der Waals surface area (Å²) in [6, 6.07) is 13.8. The Morgan fingerprint density at radius 3 is 2.24 bits per heavy atom. The number of hydrogen-bond donors (Lipinski definition) is 2. The number of rotatable bonds is 5. The van der Waals surface area contributed by atoms with Crippen molar-refractivity contribution in [1.82, 2.24) is 0 Å². The van der Waals surface area contributed by atoms with Crippen LogP contribution in [-0.2, 0) is 9.53 Å². The van der Waals surface area contributed by atoms with E-state index in [1.165, 1.54) is 0 Å². The van der Waals surface area contributed by atoms with Crippen molar-refractivity contribution >= 4 is 23.2 Å². The number of carbonyl (C=O) groups is 2. The van der Waals surface area contributed by atoms with Crippen molar-refractivity contribution in [2.24, 2.45) is 0 Å². The molecule has 0 radical (unpaired) electrons. The van der Waals surface area contributed by atoms with Gasteiger partial charge in [-0.2, -0.15) is 0 Å². The second kappa shape index (κ2) is 7.81. The van der Waals surface area contributed by atoms with Crippen LogP contribution in [0, 0.1) is 0 Å². The lowest BCUT2D eigenvalue weighted by Crippen LogP contribution is -2.26. The van der Waals surface area contributed by atoms with Gasteiger partial charge in [-0.05, 0) is 61.4 Å². The zero-order chi connectivity index (χ0) is 17.6. The van der Waals surface area contributed by atoms with Crippen molar-refractivity contribution in [2.75, 3.05) is 24.4 Å². The van der Waals surface area contributed by atoms with E-state index in [0.29, 0.717) is 23.5 Å². The van der Waals surface area contributed by atoms with Gasteiger partial charge in [0.05, 0.1) is 7.11 Å². The number of methoxy groups -OCH3 is 1. The van der Waals surface area contributed by atoms with Crippen LogP contribution < -0.4 is 15.4 Å². The van der Waals surface area contributed by atoms with E-state index in [0.717, 1.165) is 18.6 Å². The molecule has 6 nitrogen and oxygen atoms in total. The Hall–Kier alpha value is -2.86. The van der Waals surface area contributed by atoms with Crippen LogP contribution in [0.15, 0.2) is 48.5 Å². The van der Waals surface area contributed by atoms with Gasteiger partial charge in [-0.15, -0.1) is 0 Å². The van der Waals surface area contributed by atoms with Crippen molar-refractivity contribution in [3.8, 4) is 5.75 Å². The highest BCUT2D eigenvalue weighted by molar-refractivity contribution is 6.04. The third kappa shape index (κ3) is 4.36. The minimum absolute atomic E-state index is 0.145. The lowest BCUT2D eigenvalue weighted by Gasteiger charge is -2.11. The van der Waals surface area contributed by atoms with Gasteiger partial charge in [0.25, 0.3) is 11.8 Å². The summed E-state index contributed by atoms with van der Waals surface area (Å²) in [6.45, 7) is 0.628. The quantitative estimate of drug-likeness (QED) is 0.877. The monoisotopic (exact) mass is 340 g/mol. The molecule has 3 rings (SSSR count). The number of anilines is 2. The molecule has 2 amide bonds. The molecule has 0 aromatic heterocycles. The van der Waals surface area contributed by atoms with E-state index in [1.807, 2.05) is 0 Å². The highest BCUT2D eigenvalue weighted by Gasteiger charge is 2.23. The number of amides is 2. The van der Waals surface area contributed by atoms with Crippen LogP contribution in [0.1, 0.15) is 23.2 Å². The maximum atomic E-state index is 12.3. The second-order valence-corrected chi connectivity index (χ2v) is 5.75. The molecular weight excluding hydrogens is 320 g/mol. The Kier molecular flexibility index (Phi) is 5.30. The third-order valence-corrected chi connectivity index (χ3v) is 3.98. The fourth-order valence-corrected chi connectivity index (χ4v) is 2.59. The molecule has 0 spiro atoms. The molecule has 130 valence electrons. The van der Waals surface area contributed by atoms with Gasteiger partial charge in [0.2, 0.25) is 0 Å². The van der Waals surface area contributed by atoms with E-state index >= 15 is 0 Å². The molecule has 2 N–H and O–H groups in total. The van der Waals surface area contributed by atoms with Crippen molar-refractivity contribution < 1.29 is 19.1 Å². The predicted molar refractivity (Wildman–Crippen MR) is 95.0 cm³/mol. The van der Waals surface area contributed by atoms with E-state index in [2.05, 4.69) is 10.6 Å². The van der Waals surface area contributed by atoms with Crippen molar-refractivity contribution in [2.45, 2.75) is 18.9 Å². The zero-order valence-electron chi connectivity index (χ0n) is 14.0. The first-order valence-electron chi connectivity index (χ1n) is 8.13. The summed E-state index contributed by atoms with van der Waals surface area (Å²) in [4.78, 5) is 24.3. The third-order valence-electron chi connectivity index (χ3n) is 3.98. The van der Waals surface area contributed by atoms with Crippen LogP contribution in [0.5, 0.6) is 5.75 Å². The van der Waals surface area contributed by atoms with Gasteiger partial charge in [0.1, 0.15) is 11.9 Å². The summed E-state index contributed by atoms with van der Waals surface area (Å²) >= 11 is 0. The van der Waals surface area contributed by atoms with Crippen LogP contribution in [0.25, 0.3) is 0 Å². The van der Waals surface area contributed by atoms with Crippen LogP contribution in [0.4, 0.5) is 11.4 Å². The van der Waals surface area contributed by atoms with Crippen LogP contribution in [0.3, 0.4) is 0 Å². The van der Waals surface area contributed by atoms with Gasteiger partial charge in [-0.1, -0.05) is 0 Å². The second-order valence-electron chi connectivity index (χ2n) is 5.75. The van der Waals surface area contributed by atoms with E-state index in [1.54, 1.807) is 55.6 Å². The lowest BCUT2D eigenvalue weighted by atomic mass is 10.1. The largest absolute Gasteiger partial charge is 0.497 e. The average Bonchev–Trinajstić information content (AvgIpc) is 3.18. The molecule has 1 fully saturated rings. The minimum Gasteiger partial charge on any atom is -0.497 e. The molecule has 2 aromatic rings. The first-order valence-corrected chi connectivity index (χ1v) is 8.13. The van der Waals surface area contributed by atoms with Crippen molar-refractivity contribution in [3.63, 3.8) is 0 Å². The van der Waals surface area contributed by atoms with E-state index < -0.39 is 0 Å². The Morgan fingerprint density at radius 2 is 1.64 bits per heavy atom. The average molecular weight is 340 g/mol. The maximum Gasteiger partial charge on any atom is 0.255 e. The number of hydrogen-bond acceptors (Lipinski definition) is 4. The van der Waals surface area contributed by atoms with Gasteiger partial charge in [0.15, 0.2) is 0 Å². The Bertz CT molecular complexity index is 735. The van der Waals surface area contributed by atoms with Gasteiger partial charge < -0.3 is 20.1 Å². The van der Waals surface area contributed by atoms with Crippen LogP contribution in [-0.4, -0.2) is 31.6 Å². The molecule has 1 heterocycles. The molecule has 1 saturated heterocycles. The highest BCUT2D eigenvalue weighted by atomic mass is 16.5. The summed E-state index contributed by atoms with van der Waals surface area (Å²) in [5, 5.41) is 5.62. The molecule has 1 aliphatic heterocycles. The molecule has 25 heavy (non-hydrogen) atoms. The molecule has 1 atom stereocenters. The predicted octanol–water partition coefficient (Wildman–Crippen LogP) is 3.07. The minimum atomic E-state index is -0.377. The summed E-state index contributed by atoms with van der Waals surface area (Å²) in [5.41, 5.74) is 1.83. The van der Waals surface area contributed by atoms with E-state index in [9.17, 15) is 9.59 Å². The number of nitrogens with one attached hydrogen (secondary N) is 2. The fourth-order valence-electron chi connectivity index (χ4n) is 2.59. The lowest BCUT2D eigenvalue weighted by molar-refractivity contribution is -0.124. The van der Waals surface area contributed by atoms with Crippen molar-refractivity contribution in [1.29, 1.82) is 0 Å². The normalized spacial score (nSPS) is 16.3. The van der Waals surface area contributed by atoms with Crippen molar-refractivity contribution in [3.05, 3.63) is 54.1 Å². The SMILES string of the molecule is COc1ccc(NC(=O)c2ccc(NC(=O)[C@H]3CCCO3)cc2)cc1. The Labute approximate surface area is 146 Å². The molecule has 0 bridgehead atoms. The molecular formula is C19H20N2O4. The standard InChI is InChI=1S/C19H20N2O4/c1-24-16-10-8-15(9-11-16)20-18(22)13-4-6-14(7-5-13)21-19(23)17-3-2-12-25-17/h4-11,17H,2-3,12H2,1H3,(H,20,22)(H,21,23)/t17-/m1/s1. The topological polar surface area (TPSA) is 76.7 Å². The zero-order valence-corrected chi connectivity index (χ0v) is 14.0. The smallest absolute Gasteiger partial charge is 0.255 e. The van der Waals surface area contributed by atoms with Crippen LogP contribution >= 0.6 is 0 Å². The first kappa shape index (κ1) is 17.0. The molecule has 0 saturated carbocycles. The number of benzene rings is 2. The summed E-state index contributed by atoms with van der Waals surface area (Å²) in [5.74, 6) is 0.361. The Balaban J connectivity index is 1.58. The maximum absolute atomic E-state index is 12.3. The van der Waals surface area contributed by atoms with Gasteiger partial charge in [-0.25, -0.2) is 0 Å². The summed E-state index contributed by atoms with van der Waals surface area (Å²) < 4.78 is 10.4. The van der Waals surface area contributed by atoms with Gasteiger partial charge >= 0.3 is 0 Å². The molecule has 1 aliphatic rings. The van der Waals surface area contributed by atoms with E-state index in [4.69, 9.17) is 9.47 Å². The molecule has 2 aromatic carbocycles. The molecule has 0 aliphatic carbocycles. The summed E-state index contributed by atoms with van der Waals surface area (Å²) in [7, 11) is 1.59. The Morgan fingerprint density at radius 1 is 1.00 bits per heavy atom. The van der Waals surface area contributed by atoms with Gasteiger partial charge in [-0.3, -0.25) is 9.59 Å². The number of carbonyl (C=O) groups excluding carboxylic acids is 2. The van der Waals surface area contributed by atoms with Gasteiger partial charge in [0, 0.05) is 23.5 Å². The molecule has 0 unspecified atom stereocenters. The molecule has 6 heteroatoms.